The van der Waals surface area contributed by atoms with Crippen LogP contribution in [0.2, 0.25) is 0 Å². The quantitative estimate of drug-likeness (QED) is 0.841. The van der Waals surface area contributed by atoms with Crippen LogP contribution >= 0.6 is 0 Å². The Kier molecular flexibility index (Phi) is 3.90. The second kappa shape index (κ2) is 5.84. The molecule has 0 saturated carbocycles. The van der Waals surface area contributed by atoms with Crippen LogP contribution in [0.1, 0.15) is 31.2 Å². The molecule has 1 amide bonds. The highest BCUT2D eigenvalue weighted by atomic mass is 19.1. The highest BCUT2D eigenvalue weighted by Gasteiger charge is 2.47. The van der Waals surface area contributed by atoms with E-state index in [9.17, 15) is 14.0 Å². The van der Waals surface area contributed by atoms with Gasteiger partial charge in [0.2, 0.25) is 0 Å². The highest BCUT2D eigenvalue weighted by Crippen LogP contribution is 2.34. The van der Waals surface area contributed by atoms with Gasteiger partial charge < -0.3 is 4.74 Å². The van der Waals surface area contributed by atoms with Gasteiger partial charge in [0.05, 0.1) is 6.04 Å². The molecule has 2 heterocycles. The fraction of sp³-hybridized carbons (Fsp3) is 0.500. The summed E-state index contributed by atoms with van der Waals surface area (Å²) >= 11 is 0. The molecule has 4 nitrogen and oxygen atoms in total. The summed E-state index contributed by atoms with van der Waals surface area (Å²) in [5.74, 6) is -0.378. The average Bonchev–Trinajstić information content (AvgIpc) is 2.51. The number of rotatable bonds is 2. The zero-order valence-electron chi connectivity index (χ0n) is 11.7. The predicted molar refractivity (Wildman–Crippen MR) is 74.4 cm³/mol. The summed E-state index contributed by atoms with van der Waals surface area (Å²) in [6.45, 7) is 0.167. The van der Waals surface area contributed by atoms with Gasteiger partial charge in [-0.15, -0.1) is 0 Å². The molecule has 2 aliphatic rings. The smallest absolute Gasteiger partial charge is 0.410 e. The molecule has 3 unspecified atom stereocenters. The van der Waals surface area contributed by atoms with Crippen molar-refractivity contribution in [3.05, 3.63) is 35.9 Å². The Bertz CT molecular complexity index is 534. The normalized spacial score (nSPS) is 28.3. The number of benzene rings is 1. The average molecular weight is 291 g/mol. The van der Waals surface area contributed by atoms with Crippen LogP contribution in [-0.2, 0) is 16.1 Å². The summed E-state index contributed by atoms with van der Waals surface area (Å²) in [4.78, 5) is 25.3. The number of piperidine rings is 2. The lowest BCUT2D eigenvalue weighted by Crippen LogP contribution is -2.60. The molecular weight excluding hydrogens is 273 g/mol. The zero-order chi connectivity index (χ0) is 14.8. The van der Waals surface area contributed by atoms with E-state index in [0.29, 0.717) is 6.42 Å². The fourth-order valence-electron chi connectivity index (χ4n) is 3.24. The maximum atomic E-state index is 14.0. The second-order valence-corrected chi connectivity index (χ2v) is 5.67. The van der Waals surface area contributed by atoms with Crippen molar-refractivity contribution in [2.45, 2.75) is 50.5 Å². The van der Waals surface area contributed by atoms with Gasteiger partial charge >= 0.3 is 6.09 Å². The first-order chi connectivity index (χ1) is 10.2. The SMILES string of the molecule is O=C1CC2CCCC(C1F)N2C(=O)OCc1ccccc1. The van der Waals surface area contributed by atoms with Crippen LogP contribution in [0, 0.1) is 0 Å². The van der Waals surface area contributed by atoms with Crippen molar-refractivity contribution >= 4 is 11.9 Å². The number of carbonyl (C=O) groups excluding carboxylic acids is 2. The lowest BCUT2D eigenvalue weighted by atomic mass is 9.83. The lowest BCUT2D eigenvalue weighted by molar-refractivity contribution is -0.134. The van der Waals surface area contributed by atoms with Crippen LogP contribution < -0.4 is 0 Å². The number of fused-ring (bicyclic) bond motifs is 2. The van der Waals surface area contributed by atoms with Crippen molar-refractivity contribution in [1.82, 2.24) is 4.90 Å². The van der Waals surface area contributed by atoms with Gasteiger partial charge in [-0.3, -0.25) is 9.69 Å². The van der Waals surface area contributed by atoms with Crippen molar-refractivity contribution in [3.63, 3.8) is 0 Å². The number of halogens is 1. The molecule has 0 spiro atoms. The third-order valence-electron chi connectivity index (χ3n) is 4.29. The Morgan fingerprint density at radius 3 is 2.81 bits per heavy atom. The van der Waals surface area contributed by atoms with Gasteiger partial charge in [0.1, 0.15) is 6.61 Å². The van der Waals surface area contributed by atoms with Crippen LogP contribution in [0.5, 0.6) is 0 Å². The third kappa shape index (κ3) is 2.77. The molecule has 5 heteroatoms. The van der Waals surface area contributed by atoms with Crippen molar-refractivity contribution < 1.29 is 18.7 Å². The monoisotopic (exact) mass is 291 g/mol. The van der Waals surface area contributed by atoms with Crippen LogP contribution in [-0.4, -0.2) is 35.0 Å². The molecule has 3 atom stereocenters. The molecule has 0 aliphatic carbocycles. The van der Waals surface area contributed by atoms with Crippen LogP contribution in [0.3, 0.4) is 0 Å². The number of alkyl halides is 1. The lowest BCUT2D eigenvalue weighted by Gasteiger charge is -2.45. The summed E-state index contributed by atoms with van der Waals surface area (Å²) in [7, 11) is 0. The molecule has 0 aromatic heterocycles. The molecular formula is C16H18FNO3. The minimum Gasteiger partial charge on any atom is -0.445 e. The minimum atomic E-state index is -1.56. The first-order valence-corrected chi connectivity index (χ1v) is 7.32. The zero-order valence-corrected chi connectivity index (χ0v) is 11.7. The Hall–Kier alpha value is -1.91. The Morgan fingerprint density at radius 1 is 1.29 bits per heavy atom. The topological polar surface area (TPSA) is 46.6 Å². The molecule has 0 radical (unpaired) electrons. The number of amides is 1. The van der Waals surface area contributed by atoms with E-state index in [2.05, 4.69) is 0 Å². The third-order valence-corrected chi connectivity index (χ3v) is 4.29. The number of hydrogen-bond acceptors (Lipinski definition) is 3. The summed E-state index contributed by atoms with van der Waals surface area (Å²) in [5, 5.41) is 0. The molecule has 2 fully saturated rings. The summed E-state index contributed by atoms with van der Waals surface area (Å²) in [5.41, 5.74) is 0.890. The highest BCUT2D eigenvalue weighted by molar-refractivity contribution is 5.87. The van der Waals surface area contributed by atoms with E-state index < -0.39 is 18.3 Å². The molecule has 0 N–H and O–H groups in total. The van der Waals surface area contributed by atoms with Gasteiger partial charge in [-0.25, -0.2) is 9.18 Å². The second-order valence-electron chi connectivity index (χ2n) is 5.67. The van der Waals surface area contributed by atoms with Gasteiger partial charge in [0, 0.05) is 12.5 Å². The minimum absolute atomic E-state index is 0.109. The number of hydrogen-bond donors (Lipinski definition) is 0. The molecule has 112 valence electrons. The Labute approximate surface area is 122 Å². The summed E-state index contributed by atoms with van der Waals surface area (Å²) in [6, 6.07) is 8.52. The maximum absolute atomic E-state index is 14.0. The van der Waals surface area contributed by atoms with Crippen molar-refractivity contribution in [2.75, 3.05) is 0 Å². The Morgan fingerprint density at radius 2 is 2.05 bits per heavy atom. The van der Waals surface area contributed by atoms with Crippen molar-refractivity contribution in [1.29, 1.82) is 0 Å². The molecule has 2 aliphatic heterocycles. The molecule has 1 aromatic rings. The van der Waals surface area contributed by atoms with Crippen LogP contribution in [0.25, 0.3) is 0 Å². The van der Waals surface area contributed by atoms with Gasteiger partial charge in [0.25, 0.3) is 0 Å². The van der Waals surface area contributed by atoms with E-state index in [0.717, 1.165) is 18.4 Å². The number of carbonyl (C=O) groups is 2. The van der Waals surface area contributed by atoms with Crippen molar-refractivity contribution in [3.8, 4) is 0 Å². The number of ketones is 1. The predicted octanol–water partition coefficient (Wildman–Crippen LogP) is 2.86. The van der Waals surface area contributed by atoms with E-state index in [-0.39, 0.29) is 24.9 Å². The number of ether oxygens (including phenoxy) is 1. The molecule has 21 heavy (non-hydrogen) atoms. The van der Waals surface area contributed by atoms with Crippen LogP contribution in [0.15, 0.2) is 30.3 Å². The van der Waals surface area contributed by atoms with E-state index in [1.807, 2.05) is 30.3 Å². The first kappa shape index (κ1) is 14.0. The maximum Gasteiger partial charge on any atom is 0.410 e. The van der Waals surface area contributed by atoms with Gasteiger partial charge in [0.15, 0.2) is 12.0 Å². The van der Waals surface area contributed by atoms with Gasteiger partial charge in [-0.05, 0) is 24.8 Å². The number of nitrogens with zero attached hydrogens (tertiary/aromatic N) is 1. The van der Waals surface area contributed by atoms with Gasteiger partial charge in [-0.2, -0.15) is 0 Å². The summed E-state index contributed by atoms with van der Waals surface area (Å²) in [6.07, 6.45) is 0.164. The van der Waals surface area contributed by atoms with E-state index in [1.165, 1.54) is 4.90 Å². The fourth-order valence-corrected chi connectivity index (χ4v) is 3.24. The van der Waals surface area contributed by atoms with Crippen molar-refractivity contribution in [2.24, 2.45) is 0 Å². The van der Waals surface area contributed by atoms with E-state index in [4.69, 9.17) is 4.74 Å². The molecule has 2 saturated heterocycles. The first-order valence-electron chi connectivity index (χ1n) is 7.32. The molecule has 2 bridgehead atoms. The van der Waals surface area contributed by atoms with E-state index in [1.54, 1.807) is 0 Å². The van der Waals surface area contributed by atoms with Gasteiger partial charge in [-0.1, -0.05) is 30.3 Å². The standard InChI is InChI=1S/C16H18FNO3/c17-15-13-8-4-7-12(9-14(15)19)18(13)16(20)21-10-11-5-2-1-3-6-11/h1-3,5-6,12-13,15H,4,7-10H2. The summed E-state index contributed by atoms with van der Waals surface area (Å²) < 4.78 is 19.3. The van der Waals surface area contributed by atoms with Crippen LogP contribution in [0.4, 0.5) is 9.18 Å². The Balaban J connectivity index is 1.67. The largest absolute Gasteiger partial charge is 0.445 e. The number of Topliss-reactive ketones (excluding diaryl/α,β-unsaturated/α-hetero) is 1. The molecule has 3 rings (SSSR count). The van der Waals surface area contributed by atoms with E-state index >= 15 is 0 Å². The molecule has 1 aromatic carbocycles.